The summed E-state index contributed by atoms with van der Waals surface area (Å²) in [4.78, 5) is 2.41. The molecule has 1 aliphatic rings. The van der Waals surface area contributed by atoms with Gasteiger partial charge in [0.25, 0.3) is 0 Å². The summed E-state index contributed by atoms with van der Waals surface area (Å²) in [5.74, 6) is 0. The molecule has 0 spiro atoms. The van der Waals surface area contributed by atoms with Gasteiger partial charge in [0.05, 0.1) is 6.61 Å². The first kappa shape index (κ1) is 11.0. The highest BCUT2D eigenvalue weighted by Gasteiger charge is 2.20. The van der Waals surface area contributed by atoms with Gasteiger partial charge in [0, 0.05) is 31.8 Å². The van der Waals surface area contributed by atoms with Crippen molar-refractivity contribution in [2.24, 2.45) is 5.73 Å². The largest absolute Gasteiger partial charge is 0.380 e. The molecule has 1 aliphatic heterocycles. The molecular formula is C10H22N2O. The van der Waals surface area contributed by atoms with E-state index in [0.29, 0.717) is 0 Å². The zero-order valence-corrected chi connectivity index (χ0v) is 8.88. The predicted molar refractivity (Wildman–Crippen MR) is 54.8 cm³/mol. The summed E-state index contributed by atoms with van der Waals surface area (Å²) in [6.07, 6.45) is 2.17. The average Bonchev–Trinajstić information content (AvgIpc) is 2.32. The van der Waals surface area contributed by atoms with Crippen molar-refractivity contribution in [3.05, 3.63) is 0 Å². The maximum Gasteiger partial charge on any atom is 0.0593 e. The molecule has 13 heavy (non-hydrogen) atoms. The molecule has 0 amide bonds. The van der Waals surface area contributed by atoms with Gasteiger partial charge in [-0.15, -0.1) is 0 Å². The molecular weight excluding hydrogens is 164 g/mol. The molecule has 0 aromatic carbocycles. The summed E-state index contributed by atoms with van der Waals surface area (Å²) in [5, 5.41) is 0. The van der Waals surface area contributed by atoms with Crippen LogP contribution >= 0.6 is 0 Å². The molecule has 0 radical (unpaired) electrons. The van der Waals surface area contributed by atoms with E-state index < -0.39 is 0 Å². The molecule has 0 saturated carbocycles. The van der Waals surface area contributed by atoms with Gasteiger partial charge in [-0.05, 0) is 19.8 Å². The minimum Gasteiger partial charge on any atom is -0.380 e. The minimum atomic E-state index is -0.0374. The fraction of sp³-hybridized carbons (Fsp3) is 1.00. The van der Waals surface area contributed by atoms with E-state index in [0.717, 1.165) is 45.7 Å². The topological polar surface area (TPSA) is 38.5 Å². The fourth-order valence-corrected chi connectivity index (χ4v) is 1.58. The van der Waals surface area contributed by atoms with Gasteiger partial charge in [-0.1, -0.05) is 6.92 Å². The van der Waals surface area contributed by atoms with Crippen LogP contribution < -0.4 is 5.73 Å². The van der Waals surface area contributed by atoms with Gasteiger partial charge in [-0.25, -0.2) is 0 Å². The molecule has 78 valence electrons. The lowest BCUT2D eigenvalue weighted by Gasteiger charge is -2.30. The lowest BCUT2D eigenvalue weighted by Crippen LogP contribution is -2.48. The molecule has 2 N–H and O–H groups in total. The molecule has 1 unspecified atom stereocenters. The van der Waals surface area contributed by atoms with Crippen LogP contribution in [0.25, 0.3) is 0 Å². The maximum atomic E-state index is 6.12. The van der Waals surface area contributed by atoms with E-state index in [1.165, 1.54) is 0 Å². The first-order chi connectivity index (χ1) is 6.14. The highest BCUT2D eigenvalue weighted by Crippen LogP contribution is 2.09. The standard InChI is InChI=1S/C10H22N2O/c1-3-10(2,11)9-12-5-4-7-13-8-6-12/h3-9,11H2,1-2H3. The van der Waals surface area contributed by atoms with Crippen LogP contribution in [0.15, 0.2) is 0 Å². The van der Waals surface area contributed by atoms with Crippen LogP contribution in [0, 0.1) is 0 Å². The SMILES string of the molecule is CCC(C)(N)CN1CCCOCC1. The Labute approximate surface area is 81.2 Å². The van der Waals surface area contributed by atoms with E-state index in [-0.39, 0.29) is 5.54 Å². The molecule has 0 aromatic rings. The summed E-state index contributed by atoms with van der Waals surface area (Å²) in [6.45, 7) is 9.20. The van der Waals surface area contributed by atoms with E-state index in [1.807, 2.05) is 0 Å². The first-order valence-electron chi connectivity index (χ1n) is 5.23. The van der Waals surface area contributed by atoms with Crippen molar-refractivity contribution in [1.82, 2.24) is 4.90 Å². The van der Waals surface area contributed by atoms with E-state index in [2.05, 4.69) is 18.7 Å². The van der Waals surface area contributed by atoms with Gasteiger partial charge >= 0.3 is 0 Å². The number of hydrogen-bond acceptors (Lipinski definition) is 3. The second-order valence-corrected chi connectivity index (χ2v) is 4.25. The van der Waals surface area contributed by atoms with E-state index >= 15 is 0 Å². The number of nitrogens with two attached hydrogens (primary N) is 1. The van der Waals surface area contributed by atoms with Crippen LogP contribution in [0.5, 0.6) is 0 Å². The maximum absolute atomic E-state index is 6.12. The van der Waals surface area contributed by atoms with Gasteiger partial charge in [0.1, 0.15) is 0 Å². The third-order valence-electron chi connectivity index (χ3n) is 2.71. The third kappa shape index (κ3) is 4.07. The molecule has 1 rings (SSSR count). The Hall–Kier alpha value is -0.120. The molecule has 3 heteroatoms. The molecule has 1 atom stereocenters. The quantitative estimate of drug-likeness (QED) is 0.709. The van der Waals surface area contributed by atoms with Crippen molar-refractivity contribution in [2.45, 2.75) is 32.2 Å². The van der Waals surface area contributed by atoms with E-state index in [1.54, 1.807) is 0 Å². The lowest BCUT2D eigenvalue weighted by atomic mass is 10.00. The van der Waals surface area contributed by atoms with Gasteiger partial charge in [0.15, 0.2) is 0 Å². The van der Waals surface area contributed by atoms with E-state index in [4.69, 9.17) is 10.5 Å². The van der Waals surface area contributed by atoms with Crippen LogP contribution in [0.3, 0.4) is 0 Å². The third-order valence-corrected chi connectivity index (χ3v) is 2.71. The van der Waals surface area contributed by atoms with Crippen molar-refractivity contribution < 1.29 is 4.74 Å². The number of nitrogens with zero attached hydrogens (tertiary/aromatic N) is 1. The highest BCUT2D eigenvalue weighted by molar-refractivity contribution is 4.81. The van der Waals surface area contributed by atoms with Crippen LogP contribution in [-0.2, 0) is 4.74 Å². The predicted octanol–water partition coefficient (Wildman–Crippen LogP) is 0.836. The van der Waals surface area contributed by atoms with Crippen molar-refractivity contribution in [3.63, 3.8) is 0 Å². The average molecular weight is 186 g/mol. The Morgan fingerprint density at radius 2 is 2.15 bits per heavy atom. The molecule has 1 fully saturated rings. The Bertz CT molecular complexity index is 140. The Kier molecular flexibility index (Phi) is 4.16. The first-order valence-corrected chi connectivity index (χ1v) is 5.23. The fourth-order valence-electron chi connectivity index (χ4n) is 1.58. The van der Waals surface area contributed by atoms with Gasteiger partial charge in [0.2, 0.25) is 0 Å². The summed E-state index contributed by atoms with van der Waals surface area (Å²) in [5.41, 5.74) is 6.08. The monoisotopic (exact) mass is 186 g/mol. The number of rotatable bonds is 3. The lowest BCUT2D eigenvalue weighted by molar-refractivity contribution is 0.136. The molecule has 3 nitrogen and oxygen atoms in total. The van der Waals surface area contributed by atoms with Crippen molar-refractivity contribution in [3.8, 4) is 0 Å². The molecule has 0 aliphatic carbocycles. The Morgan fingerprint density at radius 3 is 2.85 bits per heavy atom. The van der Waals surface area contributed by atoms with Crippen LogP contribution in [0.4, 0.5) is 0 Å². The Balaban J connectivity index is 2.33. The zero-order valence-electron chi connectivity index (χ0n) is 8.88. The van der Waals surface area contributed by atoms with Crippen molar-refractivity contribution in [2.75, 3.05) is 32.8 Å². The van der Waals surface area contributed by atoms with Crippen molar-refractivity contribution >= 4 is 0 Å². The second-order valence-electron chi connectivity index (χ2n) is 4.25. The summed E-state index contributed by atoms with van der Waals surface area (Å²) < 4.78 is 5.39. The van der Waals surface area contributed by atoms with Crippen LogP contribution in [-0.4, -0.2) is 43.3 Å². The van der Waals surface area contributed by atoms with Crippen molar-refractivity contribution in [1.29, 1.82) is 0 Å². The van der Waals surface area contributed by atoms with Gasteiger partial charge in [-0.3, -0.25) is 4.90 Å². The Morgan fingerprint density at radius 1 is 1.38 bits per heavy atom. The second kappa shape index (κ2) is 4.94. The van der Waals surface area contributed by atoms with Gasteiger partial charge < -0.3 is 10.5 Å². The molecule has 0 bridgehead atoms. The molecule has 1 saturated heterocycles. The van der Waals surface area contributed by atoms with Crippen LogP contribution in [0.1, 0.15) is 26.7 Å². The highest BCUT2D eigenvalue weighted by atomic mass is 16.5. The molecule has 0 aromatic heterocycles. The zero-order chi connectivity index (χ0) is 9.73. The van der Waals surface area contributed by atoms with Gasteiger partial charge in [-0.2, -0.15) is 0 Å². The van der Waals surface area contributed by atoms with E-state index in [9.17, 15) is 0 Å². The summed E-state index contributed by atoms with van der Waals surface area (Å²) >= 11 is 0. The minimum absolute atomic E-state index is 0.0374. The number of ether oxygens (including phenoxy) is 1. The molecule has 1 heterocycles. The number of hydrogen-bond donors (Lipinski definition) is 1. The smallest absolute Gasteiger partial charge is 0.0593 e. The summed E-state index contributed by atoms with van der Waals surface area (Å²) in [6, 6.07) is 0. The summed E-state index contributed by atoms with van der Waals surface area (Å²) in [7, 11) is 0. The van der Waals surface area contributed by atoms with Crippen LogP contribution in [0.2, 0.25) is 0 Å². The normalized spacial score (nSPS) is 25.2.